The molecule has 2 saturated carbocycles. The Hall–Kier alpha value is -0.120. The van der Waals surface area contributed by atoms with E-state index in [1.807, 2.05) is 0 Å². The molecule has 21 heavy (non-hydrogen) atoms. The van der Waals surface area contributed by atoms with Crippen molar-refractivity contribution in [2.24, 2.45) is 5.92 Å². The van der Waals surface area contributed by atoms with Crippen molar-refractivity contribution in [1.82, 2.24) is 10.2 Å². The number of nitrogens with one attached hydrogen (secondary N) is 1. The first-order valence-electron chi connectivity index (χ1n) is 9.52. The van der Waals surface area contributed by atoms with Gasteiger partial charge in [-0.25, -0.2) is 0 Å². The van der Waals surface area contributed by atoms with Crippen LogP contribution in [0, 0.1) is 5.92 Å². The van der Waals surface area contributed by atoms with Crippen molar-refractivity contribution in [2.75, 3.05) is 19.7 Å². The lowest BCUT2D eigenvalue weighted by Crippen LogP contribution is -2.58. The molecule has 0 aromatic heterocycles. The van der Waals surface area contributed by atoms with Crippen molar-refractivity contribution in [1.29, 1.82) is 0 Å². The fourth-order valence-corrected chi connectivity index (χ4v) is 5.40. The molecule has 0 bridgehead atoms. The number of fused-ring (bicyclic) bond motifs is 2. The van der Waals surface area contributed by atoms with Crippen LogP contribution in [-0.2, 0) is 4.74 Å². The summed E-state index contributed by atoms with van der Waals surface area (Å²) in [5, 5.41) is 4.02. The maximum absolute atomic E-state index is 6.03. The summed E-state index contributed by atoms with van der Waals surface area (Å²) in [6, 6.07) is 2.30. The lowest BCUT2D eigenvalue weighted by atomic mass is 9.77. The Morgan fingerprint density at radius 3 is 2.76 bits per heavy atom. The molecule has 2 aliphatic carbocycles. The van der Waals surface area contributed by atoms with Crippen molar-refractivity contribution < 1.29 is 4.74 Å². The lowest BCUT2D eigenvalue weighted by molar-refractivity contribution is -0.0917. The van der Waals surface area contributed by atoms with Gasteiger partial charge in [0.05, 0.1) is 12.7 Å². The largest absolute Gasteiger partial charge is 0.375 e. The predicted octanol–water partition coefficient (Wildman–Crippen LogP) is 2.94. The maximum atomic E-state index is 6.03. The van der Waals surface area contributed by atoms with Gasteiger partial charge in [-0.15, -0.1) is 0 Å². The fourth-order valence-electron chi connectivity index (χ4n) is 5.40. The minimum absolute atomic E-state index is 0.540. The summed E-state index contributed by atoms with van der Waals surface area (Å²) in [6.45, 7) is 3.39. The summed E-state index contributed by atoms with van der Waals surface area (Å²) in [5.74, 6) is 0.988. The SMILES string of the molecule is C1CCC2NC(CN3CCOC4CCCCC43)CCC2C1. The van der Waals surface area contributed by atoms with E-state index >= 15 is 0 Å². The van der Waals surface area contributed by atoms with Gasteiger partial charge in [-0.1, -0.05) is 25.7 Å². The molecule has 1 N–H and O–H groups in total. The third kappa shape index (κ3) is 3.16. The van der Waals surface area contributed by atoms with Gasteiger partial charge in [0, 0.05) is 31.2 Å². The fraction of sp³-hybridized carbons (Fsp3) is 1.00. The van der Waals surface area contributed by atoms with Gasteiger partial charge in [0.2, 0.25) is 0 Å². The second-order valence-corrected chi connectivity index (χ2v) is 7.85. The van der Waals surface area contributed by atoms with Gasteiger partial charge in [0.1, 0.15) is 0 Å². The van der Waals surface area contributed by atoms with Crippen LogP contribution in [0.2, 0.25) is 0 Å². The van der Waals surface area contributed by atoms with E-state index in [-0.39, 0.29) is 0 Å². The molecular formula is C18H32N2O. The van der Waals surface area contributed by atoms with Crippen molar-refractivity contribution in [3.63, 3.8) is 0 Å². The Morgan fingerprint density at radius 1 is 0.905 bits per heavy atom. The summed E-state index contributed by atoms with van der Waals surface area (Å²) in [7, 11) is 0. The van der Waals surface area contributed by atoms with E-state index in [0.717, 1.165) is 37.2 Å². The first-order chi connectivity index (χ1) is 10.4. The molecule has 4 aliphatic rings. The number of hydrogen-bond donors (Lipinski definition) is 1. The number of hydrogen-bond acceptors (Lipinski definition) is 3. The summed E-state index contributed by atoms with van der Waals surface area (Å²) in [5.41, 5.74) is 0. The Bertz CT molecular complexity index is 346. The zero-order chi connectivity index (χ0) is 14.1. The molecule has 0 spiro atoms. The minimum Gasteiger partial charge on any atom is -0.375 e. The molecule has 5 atom stereocenters. The van der Waals surface area contributed by atoms with Gasteiger partial charge in [0.25, 0.3) is 0 Å². The summed E-state index contributed by atoms with van der Waals surface area (Å²) in [4.78, 5) is 2.77. The smallest absolute Gasteiger partial charge is 0.0730 e. The second kappa shape index (κ2) is 6.55. The number of ether oxygens (including phenoxy) is 1. The molecule has 2 heterocycles. The van der Waals surface area contributed by atoms with Crippen molar-refractivity contribution in [3.8, 4) is 0 Å². The molecule has 0 radical (unpaired) electrons. The molecule has 120 valence electrons. The molecule has 4 rings (SSSR count). The number of rotatable bonds is 2. The quantitative estimate of drug-likeness (QED) is 0.847. The molecule has 0 amide bonds. The van der Waals surface area contributed by atoms with Gasteiger partial charge < -0.3 is 10.1 Å². The molecular weight excluding hydrogens is 260 g/mol. The van der Waals surface area contributed by atoms with Crippen LogP contribution in [0.1, 0.15) is 64.2 Å². The van der Waals surface area contributed by atoms with E-state index in [1.165, 1.54) is 70.8 Å². The normalized spacial score (nSPS) is 44.9. The summed E-state index contributed by atoms with van der Waals surface area (Å²) >= 11 is 0. The third-order valence-corrected chi connectivity index (χ3v) is 6.55. The van der Waals surface area contributed by atoms with Crippen LogP contribution < -0.4 is 5.32 Å². The zero-order valence-corrected chi connectivity index (χ0v) is 13.4. The Labute approximate surface area is 129 Å². The number of morpholine rings is 1. The summed E-state index contributed by atoms with van der Waals surface area (Å²) < 4.78 is 6.03. The maximum Gasteiger partial charge on any atom is 0.0730 e. The average Bonchev–Trinajstić information content (AvgIpc) is 2.55. The van der Waals surface area contributed by atoms with E-state index in [1.54, 1.807) is 0 Å². The number of piperidine rings is 1. The highest BCUT2D eigenvalue weighted by molar-refractivity contribution is 4.93. The topological polar surface area (TPSA) is 24.5 Å². The van der Waals surface area contributed by atoms with Gasteiger partial charge in [-0.3, -0.25) is 4.90 Å². The molecule has 3 nitrogen and oxygen atoms in total. The molecule has 2 saturated heterocycles. The lowest BCUT2D eigenvalue weighted by Gasteiger charge is -2.47. The standard InChI is InChI=1S/C18H32N2O/c1-2-6-16-14(5-1)9-10-15(19-16)13-20-11-12-21-18-8-4-3-7-17(18)20/h14-19H,1-13H2. The molecule has 2 aliphatic heterocycles. The number of nitrogens with zero attached hydrogens (tertiary/aromatic N) is 1. The third-order valence-electron chi connectivity index (χ3n) is 6.55. The molecule has 0 aromatic rings. The van der Waals surface area contributed by atoms with Crippen LogP contribution in [0.15, 0.2) is 0 Å². The average molecular weight is 292 g/mol. The van der Waals surface area contributed by atoms with Gasteiger partial charge in [-0.05, 0) is 44.4 Å². The van der Waals surface area contributed by atoms with Gasteiger partial charge in [0.15, 0.2) is 0 Å². The van der Waals surface area contributed by atoms with E-state index < -0.39 is 0 Å². The van der Waals surface area contributed by atoms with E-state index in [0.29, 0.717) is 6.10 Å². The van der Waals surface area contributed by atoms with Crippen LogP contribution in [-0.4, -0.2) is 48.8 Å². The molecule has 0 aromatic carbocycles. The van der Waals surface area contributed by atoms with E-state index in [9.17, 15) is 0 Å². The highest BCUT2D eigenvalue weighted by atomic mass is 16.5. The van der Waals surface area contributed by atoms with Crippen molar-refractivity contribution in [3.05, 3.63) is 0 Å². The molecule has 5 unspecified atom stereocenters. The first-order valence-corrected chi connectivity index (χ1v) is 9.52. The monoisotopic (exact) mass is 292 g/mol. The highest BCUT2D eigenvalue weighted by Crippen LogP contribution is 2.33. The first kappa shape index (κ1) is 14.5. The Kier molecular flexibility index (Phi) is 4.52. The van der Waals surface area contributed by atoms with Crippen LogP contribution in [0.5, 0.6) is 0 Å². The van der Waals surface area contributed by atoms with Gasteiger partial charge >= 0.3 is 0 Å². The van der Waals surface area contributed by atoms with Gasteiger partial charge in [-0.2, -0.15) is 0 Å². The second-order valence-electron chi connectivity index (χ2n) is 7.85. The van der Waals surface area contributed by atoms with Crippen molar-refractivity contribution in [2.45, 2.75) is 88.4 Å². The summed E-state index contributed by atoms with van der Waals surface area (Å²) in [6.07, 6.45) is 14.7. The van der Waals surface area contributed by atoms with Crippen LogP contribution in [0.3, 0.4) is 0 Å². The van der Waals surface area contributed by atoms with E-state index in [2.05, 4.69) is 10.2 Å². The van der Waals surface area contributed by atoms with E-state index in [4.69, 9.17) is 4.74 Å². The predicted molar refractivity (Wildman–Crippen MR) is 85.5 cm³/mol. The zero-order valence-electron chi connectivity index (χ0n) is 13.4. The molecule has 3 heteroatoms. The highest BCUT2D eigenvalue weighted by Gasteiger charge is 2.37. The van der Waals surface area contributed by atoms with Crippen LogP contribution in [0.4, 0.5) is 0 Å². The minimum atomic E-state index is 0.540. The van der Waals surface area contributed by atoms with Crippen LogP contribution >= 0.6 is 0 Å². The van der Waals surface area contributed by atoms with Crippen LogP contribution in [0.25, 0.3) is 0 Å². The van der Waals surface area contributed by atoms with Crippen molar-refractivity contribution >= 4 is 0 Å². The Balaban J connectivity index is 1.34. The Morgan fingerprint density at radius 2 is 1.76 bits per heavy atom. The molecule has 4 fully saturated rings.